The van der Waals surface area contributed by atoms with Gasteiger partial charge in [0.05, 0.1) is 6.10 Å². The predicted molar refractivity (Wildman–Crippen MR) is 98.5 cm³/mol. The van der Waals surface area contributed by atoms with Crippen molar-refractivity contribution in [1.29, 1.82) is 0 Å². The molecule has 3 rings (SSSR count). The number of rotatable bonds is 5. The van der Waals surface area contributed by atoms with Crippen LogP contribution in [0.3, 0.4) is 0 Å². The van der Waals surface area contributed by atoms with Gasteiger partial charge in [0.15, 0.2) is 0 Å². The van der Waals surface area contributed by atoms with Gasteiger partial charge in [-0.05, 0) is 74.5 Å². The molecule has 2 atom stereocenters. The molecule has 1 heterocycles. The molecule has 1 aliphatic heterocycles. The van der Waals surface area contributed by atoms with E-state index in [0.717, 1.165) is 36.2 Å². The summed E-state index contributed by atoms with van der Waals surface area (Å²) in [5, 5.41) is 0. The molecule has 0 N–H and O–H groups in total. The van der Waals surface area contributed by atoms with Crippen LogP contribution in [0.15, 0.2) is 12.7 Å². The maximum Gasteiger partial charge on any atom is 0.0603 e. The van der Waals surface area contributed by atoms with Crippen molar-refractivity contribution in [3.05, 3.63) is 12.7 Å². The van der Waals surface area contributed by atoms with Crippen LogP contribution in [0, 0.1) is 29.6 Å². The van der Waals surface area contributed by atoms with E-state index in [2.05, 4.69) is 19.6 Å². The summed E-state index contributed by atoms with van der Waals surface area (Å²) >= 11 is 0. The summed E-state index contributed by atoms with van der Waals surface area (Å²) in [6.07, 6.45) is 19.7. The van der Waals surface area contributed by atoms with E-state index in [-0.39, 0.29) is 0 Å². The maximum atomic E-state index is 6.33. The summed E-state index contributed by atoms with van der Waals surface area (Å²) in [6, 6.07) is 0. The predicted octanol–water partition coefficient (Wildman–Crippen LogP) is 6.38. The molecule has 0 aromatic heterocycles. The molecule has 0 aromatic rings. The molecule has 0 amide bonds. The van der Waals surface area contributed by atoms with Gasteiger partial charge in [-0.3, -0.25) is 0 Å². The highest BCUT2D eigenvalue weighted by Gasteiger charge is 2.31. The van der Waals surface area contributed by atoms with Crippen molar-refractivity contribution in [3.8, 4) is 0 Å². The third-order valence-corrected chi connectivity index (χ3v) is 7.20. The Kier molecular flexibility index (Phi) is 6.62. The fourth-order valence-electron chi connectivity index (χ4n) is 5.27. The molecule has 2 aliphatic carbocycles. The SMILES string of the molecule is C=CC1CCC(C2CCC(CCC3CCC(C)CC3)CO2)CC1. The molecule has 132 valence electrons. The summed E-state index contributed by atoms with van der Waals surface area (Å²) < 4.78 is 6.33. The highest BCUT2D eigenvalue weighted by Crippen LogP contribution is 2.38. The minimum atomic E-state index is 0.576. The Labute approximate surface area is 144 Å². The zero-order chi connectivity index (χ0) is 16.1. The Hall–Kier alpha value is -0.300. The van der Waals surface area contributed by atoms with Gasteiger partial charge in [0.2, 0.25) is 0 Å². The summed E-state index contributed by atoms with van der Waals surface area (Å²) in [6.45, 7) is 7.44. The zero-order valence-corrected chi connectivity index (χ0v) is 15.3. The van der Waals surface area contributed by atoms with Gasteiger partial charge >= 0.3 is 0 Å². The molecule has 3 fully saturated rings. The Morgan fingerprint density at radius 1 is 0.826 bits per heavy atom. The van der Waals surface area contributed by atoms with Crippen LogP contribution in [0.4, 0.5) is 0 Å². The van der Waals surface area contributed by atoms with Gasteiger partial charge in [0.1, 0.15) is 0 Å². The molecule has 0 bridgehead atoms. The number of hydrogen-bond acceptors (Lipinski definition) is 1. The molecule has 3 aliphatic rings. The van der Waals surface area contributed by atoms with Crippen LogP contribution in [0.2, 0.25) is 0 Å². The molecule has 23 heavy (non-hydrogen) atoms. The first-order valence-electron chi connectivity index (χ1n) is 10.5. The van der Waals surface area contributed by atoms with Crippen LogP contribution in [0.5, 0.6) is 0 Å². The van der Waals surface area contributed by atoms with E-state index in [4.69, 9.17) is 4.74 Å². The first-order valence-corrected chi connectivity index (χ1v) is 10.5. The summed E-state index contributed by atoms with van der Waals surface area (Å²) in [5.41, 5.74) is 0. The van der Waals surface area contributed by atoms with Crippen molar-refractivity contribution < 1.29 is 4.74 Å². The first-order chi connectivity index (χ1) is 11.2. The Bertz CT molecular complexity index is 339. The largest absolute Gasteiger partial charge is 0.378 e. The average molecular weight is 319 g/mol. The lowest BCUT2D eigenvalue weighted by molar-refractivity contribution is -0.0593. The van der Waals surface area contributed by atoms with E-state index < -0.39 is 0 Å². The van der Waals surface area contributed by atoms with Crippen molar-refractivity contribution in [2.75, 3.05) is 6.61 Å². The molecule has 0 spiro atoms. The van der Waals surface area contributed by atoms with Crippen molar-refractivity contribution in [2.45, 2.75) is 90.1 Å². The third-order valence-electron chi connectivity index (χ3n) is 7.20. The quantitative estimate of drug-likeness (QED) is 0.534. The summed E-state index contributed by atoms with van der Waals surface area (Å²) in [7, 11) is 0. The average Bonchev–Trinajstić information content (AvgIpc) is 2.62. The van der Waals surface area contributed by atoms with E-state index in [9.17, 15) is 0 Å². The lowest BCUT2D eigenvalue weighted by atomic mass is 9.76. The van der Waals surface area contributed by atoms with E-state index in [1.807, 2.05) is 0 Å². The second-order valence-corrected chi connectivity index (χ2v) is 8.93. The summed E-state index contributed by atoms with van der Waals surface area (Å²) in [4.78, 5) is 0. The minimum Gasteiger partial charge on any atom is -0.378 e. The normalized spacial score (nSPS) is 42.3. The summed E-state index contributed by atoms with van der Waals surface area (Å²) in [5.74, 6) is 4.49. The molecule has 1 saturated heterocycles. The zero-order valence-electron chi connectivity index (χ0n) is 15.3. The molecule has 1 nitrogen and oxygen atoms in total. The van der Waals surface area contributed by atoms with Crippen molar-refractivity contribution in [2.24, 2.45) is 29.6 Å². The molecular weight excluding hydrogens is 280 g/mol. The second-order valence-electron chi connectivity index (χ2n) is 8.93. The Morgan fingerprint density at radius 2 is 1.48 bits per heavy atom. The van der Waals surface area contributed by atoms with Crippen LogP contribution >= 0.6 is 0 Å². The second kappa shape index (κ2) is 8.70. The maximum absolute atomic E-state index is 6.33. The minimum absolute atomic E-state index is 0.576. The Morgan fingerprint density at radius 3 is 2.09 bits per heavy atom. The van der Waals surface area contributed by atoms with E-state index in [0.29, 0.717) is 6.10 Å². The topological polar surface area (TPSA) is 9.23 Å². The van der Waals surface area contributed by atoms with E-state index >= 15 is 0 Å². The fraction of sp³-hybridized carbons (Fsp3) is 0.909. The van der Waals surface area contributed by atoms with Crippen LogP contribution in [0.25, 0.3) is 0 Å². The van der Waals surface area contributed by atoms with E-state index in [1.54, 1.807) is 0 Å². The van der Waals surface area contributed by atoms with Gasteiger partial charge in [-0.15, -0.1) is 6.58 Å². The van der Waals surface area contributed by atoms with Crippen LogP contribution < -0.4 is 0 Å². The van der Waals surface area contributed by atoms with Gasteiger partial charge in [0.25, 0.3) is 0 Å². The highest BCUT2D eigenvalue weighted by atomic mass is 16.5. The van der Waals surface area contributed by atoms with Gasteiger partial charge in [0, 0.05) is 6.61 Å². The van der Waals surface area contributed by atoms with Gasteiger partial charge in [-0.2, -0.15) is 0 Å². The first kappa shape index (κ1) is 17.5. The molecule has 1 heteroatoms. The molecule has 2 unspecified atom stereocenters. The number of hydrogen-bond donors (Lipinski definition) is 0. The number of ether oxygens (including phenoxy) is 1. The fourth-order valence-corrected chi connectivity index (χ4v) is 5.27. The smallest absolute Gasteiger partial charge is 0.0603 e. The highest BCUT2D eigenvalue weighted by molar-refractivity contribution is 4.87. The van der Waals surface area contributed by atoms with E-state index in [1.165, 1.54) is 77.0 Å². The Balaban J connectivity index is 1.32. The van der Waals surface area contributed by atoms with Crippen molar-refractivity contribution >= 4 is 0 Å². The molecular formula is C22H38O. The molecule has 0 radical (unpaired) electrons. The van der Waals surface area contributed by atoms with Crippen molar-refractivity contribution in [1.82, 2.24) is 0 Å². The lowest BCUT2D eigenvalue weighted by Gasteiger charge is -2.37. The lowest BCUT2D eigenvalue weighted by Crippen LogP contribution is -2.34. The number of allylic oxidation sites excluding steroid dienone is 1. The van der Waals surface area contributed by atoms with Crippen molar-refractivity contribution in [3.63, 3.8) is 0 Å². The van der Waals surface area contributed by atoms with Crippen LogP contribution in [-0.4, -0.2) is 12.7 Å². The standard InChI is InChI=1S/C22H38O/c1-3-18-10-13-21(14-11-18)22-15-12-20(16-23-22)9-8-19-6-4-17(2)5-7-19/h3,17-22H,1,4-16H2,2H3. The van der Waals surface area contributed by atoms with Gasteiger partial charge < -0.3 is 4.74 Å². The third kappa shape index (κ3) is 5.08. The van der Waals surface area contributed by atoms with Gasteiger partial charge in [-0.1, -0.05) is 45.1 Å². The van der Waals surface area contributed by atoms with Gasteiger partial charge in [-0.25, -0.2) is 0 Å². The monoisotopic (exact) mass is 318 g/mol. The van der Waals surface area contributed by atoms with Crippen LogP contribution in [-0.2, 0) is 4.74 Å². The molecule has 0 aromatic carbocycles. The molecule has 2 saturated carbocycles. The van der Waals surface area contributed by atoms with Crippen LogP contribution in [0.1, 0.15) is 84.0 Å².